The van der Waals surface area contributed by atoms with Gasteiger partial charge in [0.1, 0.15) is 11.6 Å². The number of rotatable bonds is 5. The van der Waals surface area contributed by atoms with E-state index >= 15 is 0 Å². The highest BCUT2D eigenvalue weighted by Gasteiger charge is 2.44. The number of alkyl halides is 9. The summed E-state index contributed by atoms with van der Waals surface area (Å²) in [5.41, 5.74) is 1.99. The number of pyridine rings is 1. The molecule has 0 bridgehead atoms. The lowest BCUT2D eigenvalue weighted by molar-refractivity contribution is -0.193. The van der Waals surface area contributed by atoms with Crippen molar-refractivity contribution in [3.8, 4) is 5.75 Å². The number of nitrogens with one attached hydrogen (secondary N) is 1. The number of aliphatic carboxylic acids is 3. The number of carboxylic acid groups (broad SMARTS) is 3. The molecule has 4 rings (SSSR count). The lowest BCUT2D eigenvalue weighted by Gasteiger charge is -2.19. The first-order chi connectivity index (χ1) is 20.5. The van der Waals surface area contributed by atoms with E-state index in [2.05, 4.69) is 19.9 Å². The molecule has 2 fully saturated rings. The van der Waals surface area contributed by atoms with Crippen molar-refractivity contribution in [2.75, 3.05) is 26.3 Å². The van der Waals surface area contributed by atoms with Crippen LogP contribution in [-0.4, -0.2) is 104 Å². The van der Waals surface area contributed by atoms with Crippen molar-refractivity contribution in [1.82, 2.24) is 19.9 Å². The van der Waals surface area contributed by atoms with Crippen molar-refractivity contribution < 1.29 is 78.7 Å². The SMILES string of the molecule is Cc1cc(OC[C@@H]2CO[C@@H]3CN(Cc4ncc[nH]4)C[C@H]23)cc(C)n1.O=C(O)C(F)(F)F.O=C(O)C(F)(F)F.O=C(O)C(F)(F)F. The number of halogens is 9. The maximum Gasteiger partial charge on any atom is 0.490 e. The lowest BCUT2D eigenvalue weighted by Crippen LogP contribution is -2.27. The predicted octanol–water partition coefficient (Wildman–Crippen LogP) is 3.85. The molecule has 2 aromatic heterocycles. The molecule has 4 N–H and O–H groups in total. The summed E-state index contributed by atoms with van der Waals surface area (Å²) < 4.78 is 107. The van der Waals surface area contributed by atoms with E-state index < -0.39 is 36.4 Å². The first-order valence-corrected chi connectivity index (χ1v) is 12.3. The molecule has 0 unspecified atom stereocenters. The number of ether oxygens (including phenoxy) is 2. The summed E-state index contributed by atoms with van der Waals surface area (Å²) in [4.78, 5) is 41.0. The molecule has 2 aromatic rings. The predicted molar refractivity (Wildman–Crippen MR) is 131 cm³/mol. The monoisotopic (exact) mass is 670 g/mol. The van der Waals surface area contributed by atoms with Gasteiger partial charge in [-0.2, -0.15) is 39.5 Å². The van der Waals surface area contributed by atoms with Gasteiger partial charge in [-0.3, -0.25) is 9.88 Å². The molecule has 21 heteroatoms. The number of hydrogen-bond donors (Lipinski definition) is 4. The zero-order chi connectivity index (χ0) is 34.8. The Morgan fingerprint density at radius 3 is 1.78 bits per heavy atom. The Morgan fingerprint density at radius 2 is 1.38 bits per heavy atom. The molecule has 0 radical (unpaired) electrons. The molecule has 2 saturated heterocycles. The number of fused-ring (bicyclic) bond motifs is 1. The van der Waals surface area contributed by atoms with Crippen molar-refractivity contribution in [3.05, 3.63) is 41.7 Å². The van der Waals surface area contributed by atoms with E-state index in [4.69, 9.17) is 39.2 Å². The van der Waals surface area contributed by atoms with Crippen molar-refractivity contribution in [2.45, 2.75) is 45.0 Å². The second-order valence-electron chi connectivity index (χ2n) is 9.33. The highest BCUT2D eigenvalue weighted by Crippen LogP contribution is 2.34. The molecule has 3 atom stereocenters. The van der Waals surface area contributed by atoms with Crippen LogP contribution in [0.2, 0.25) is 0 Å². The molecule has 0 saturated carbocycles. The Labute approximate surface area is 247 Å². The Hall–Kier alpha value is -4.14. The summed E-state index contributed by atoms with van der Waals surface area (Å²) in [5, 5.41) is 21.4. The molecule has 2 aliphatic rings. The summed E-state index contributed by atoms with van der Waals surface area (Å²) in [6, 6.07) is 4.00. The zero-order valence-corrected chi connectivity index (χ0v) is 23.2. The van der Waals surface area contributed by atoms with Gasteiger partial charge in [0.25, 0.3) is 0 Å². The van der Waals surface area contributed by atoms with E-state index in [0.717, 1.165) is 49.2 Å². The fourth-order valence-electron chi connectivity index (χ4n) is 3.86. The van der Waals surface area contributed by atoms with Crippen LogP contribution in [0, 0.1) is 25.7 Å². The van der Waals surface area contributed by atoms with Gasteiger partial charge < -0.3 is 29.8 Å². The van der Waals surface area contributed by atoms with Crippen LogP contribution < -0.4 is 4.74 Å². The van der Waals surface area contributed by atoms with Crippen molar-refractivity contribution in [1.29, 1.82) is 0 Å². The van der Waals surface area contributed by atoms with Crippen molar-refractivity contribution >= 4 is 17.9 Å². The third-order valence-electron chi connectivity index (χ3n) is 5.69. The van der Waals surface area contributed by atoms with Crippen LogP contribution >= 0.6 is 0 Å². The van der Waals surface area contributed by atoms with Crippen LogP contribution in [0.25, 0.3) is 0 Å². The molecule has 45 heavy (non-hydrogen) atoms. The number of carbonyl (C=O) groups is 3. The van der Waals surface area contributed by atoms with Gasteiger partial charge in [0.2, 0.25) is 0 Å². The minimum Gasteiger partial charge on any atom is -0.493 e. The summed E-state index contributed by atoms with van der Waals surface area (Å²) >= 11 is 0. The van der Waals surface area contributed by atoms with Gasteiger partial charge in [-0.05, 0) is 13.8 Å². The molecule has 4 heterocycles. The lowest BCUT2D eigenvalue weighted by atomic mass is 9.94. The molecule has 2 aliphatic heterocycles. The summed E-state index contributed by atoms with van der Waals surface area (Å²) in [6.07, 6.45) is -11.2. The van der Waals surface area contributed by atoms with E-state index in [9.17, 15) is 39.5 Å². The highest BCUT2D eigenvalue weighted by molar-refractivity contribution is 5.73. The highest BCUT2D eigenvalue weighted by atomic mass is 19.4. The number of carboxylic acids is 3. The van der Waals surface area contributed by atoms with Gasteiger partial charge in [0.05, 0.1) is 25.9 Å². The smallest absolute Gasteiger partial charge is 0.490 e. The average molecular weight is 670 g/mol. The van der Waals surface area contributed by atoms with Crippen LogP contribution in [-0.2, 0) is 25.7 Å². The van der Waals surface area contributed by atoms with Gasteiger partial charge in [-0.1, -0.05) is 0 Å². The quantitative estimate of drug-likeness (QED) is 0.340. The van der Waals surface area contributed by atoms with Gasteiger partial charge in [0, 0.05) is 60.8 Å². The van der Waals surface area contributed by atoms with E-state index in [0.29, 0.717) is 24.5 Å². The number of hydrogen-bond acceptors (Lipinski definition) is 8. The Balaban J connectivity index is 0.000000396. The molecule has 0 aliphatic carbocycles. The largest absolute Gasteiger partial charge is 0.493 e. The maximum atomic E-state index is 10.6. The number of aromatic amines is 1. The summed E-state index contributed by atoms with van der Waals surface area (Å²) in [7, 11) is 0. The minimum absolute atomic E-state index is 0.328. The maximum absolute atomic E-state index is 10.6. The van der Waals surface area contributed by atoms with Gasteiger partial charge >= 0.3 is 36.4 Å². The van der Waals surface area contributed by atoms with Crippen LogP contribution in [0.1, 0.15) is 17.2 Å². The van der Waals surface area contributed by atoms with Gasteiger partial charge in [0.15, 0.2) is 0 Å². The molecule has 0 spiro atoms. The number of nitrogens with zero attached hydrogens (tertiary/aromatic N) is 3. The summed E-state index contributed by atoms with van der Waals surface area (Å²) in [6.45, 7) is 8.39. The Morgan fingerprint density at radius 1 is 0.911 bits per heavy atom. The molecule has 0 aromatic carbocycles. The van der Waals surface area contributed by atoms with Crippen LogP contribution in [0.4, 0.5) is 39.5 Å². The molecule has 12 nitrogen and oxygen atoms in total. The zero-order valence-electron chi connectivity index (χ0n) is 23.2. The third kappa shape index (κ3) is 14.5. The fraction of sp³-hybridized carbons (Fsp3) is 0.542. The van der Waals surface area contributed by atoms with Crippen LogP contribution in [0.3, 0.4) is 0 Å². The van der Waals surface area contributed by atoms with E-state index in [1.807, 2.05) is 32.2 Å². The molecular weight excluding hydrogens is 643 g/mol. The first-order valence-electron chi connectivity index (χ1n) is 12.3. The second kappa shape index (κ2) is 16.3. The van der Waals surface area contributed by atoms with E-state index in [1.54, 1.807) is 6.20 Å². The third-order valence-corrected chi connectivity index (χ3v) is 5.69. The number of aromatic nitrogens is 3. The van der Waals surface area contributed by atoms with E-state index in [1.165, 1.54) is 0 Å². The van der Waals surface area contributed by atoms with Crippen molar-refractivity contribution in [2.24, 2.45) is 11.8 Å². The van der Waals surface area contributed by atoms with E-state index in [-0.39, 0.29) is 0 Å². The number of H-pyrrole nitrogens is 1. The van der Waals surface area contributed by atoms with Gasteiger partial charge in [-0.25, -0.2) is 19.4 Å². The van der Waals surface area contributed by atoms with Gasteiger partial charge in [-0.15, -0.1) is 0 Å². The summed E-state index contributed by atoms with van der Waals surface area (Å²) in [5.74, 6) is -5.35. The van der Waals surface area contributed by atoms with Crippen molar-refractivity contribution in [3.63, 3.8) is 0 Å². The molecule has 0 amide bonds. The Kier molecular flexibility index (Phi) is 14.0. The van der Waals surface area contributed by atoms with Crippen LogP contribution in [0.15, 0.2) is 24.5 Å². The normalized spacial score (nSPS) is 19.5. The standard InChI is InChI=1S/C18H24N4O2.3C2HF3O2/c1-12-5-15(6-13(2)21-12)23-10-14-11-24-17-8-22(7-16(14)17)9-18-19-3-4-20-18;3*3-2(4,5)1(6)7/h3-6,14,16-17H,7-11H2,1-2H3,(H,19,20);3*(H,6,7)/t14-,16-,17-;;;/m1.../s1. The number of aryl methyl sites for hydroxylation is 2. The fourth-order valence-corrected chi connectivity index (χ4v) is 3.86. The Bertz CT molecular complexity index is 1180. The van der Waals surface area contributed by atoms with Crippen LogP contribution in [0.5, 0.6) is 5.75 Å². The topological polar surface area (TPSA) is 175 Å². The molecular formula is C24H27F9N4O8. The number of likely N-dealkylation sites (tertiary alicyclic amines) is 1. The molecule has 254 valence electrons. The first kappa shape index (κ1) is 38.9. The second-order valence-corrected chi connectivity index (χ2v) is 9.33. The minimum atomic E-state index is -5.08. The number of imidazole rings is 1. The average Bonchev–Trinajstić information content (AvgIpc) is 3.60.